The molecule has 2 nitrogen and oxygen atoms in total. The summed E-state index contributed by atoms with van der Waals surface area (Å²) in [7, 11) is 0. The van der Waals surface area contributed by atoms with E-state index in [0.29, 0.717) is 27.1 Å². The van der Waals surface area contributed by atoms with E-state index in [0.717, 1.165) is 5.56 Å². The van der Waals surface area contributed by atoms with Crippen molar-refractivity contribution in [2.45, 2.75) is 11.8 Å². The molecule has 3 heteroatoms. The maximum Gasteiger partial charge on any atom is 0.195 e. The van der Waals surface area contributed by atoms with Crippen molar-refractivity contribution in [2.75, 3.05) is 0 Å². The lowest BCUT2D eigenvalue weighted by Gasteiger charge is -2.19. The number of carbonyl (C=O) groups excluding carboxylic acids is 2. The van der Waals surface area contributed by atoms with Crippen LogP contribution in [0.5, 0.6) is 0 Å². The Hall–Kier alpha value is -1.87. The number of carbonyl (C=O) groups is 2. The highest BCUT2D eigenvalue weighted by molar-refractivity contribution is 7.80. The van der Waals surface area contributed by atoms with E-state index in [9.17, 15) is 9.59 Å². The van der Waals surface area contributed by atoms with Gasteiger partial charge in [-0.05, 0) is 18.6 Å². The molecule has 0 saturated carbocycles. The second-order valence-electron chi connectivity index (χ2n) is 4.36. The smallest absolute Gasteiger partial charge is 0.195 e. The molecule has 0 fully saturated rings. The first kappa shape index (κ1) is 11.2. The van der Waals surface area contributed by atoms with Gasteiger partial charge in [0, 0.05) is 27.1 Å². The lowest BCUT2D eigenvalue weighted by atomic mass is 9.83. The third-order valence-electron chi connectivity index (χ3n) is 3.27. The summed E-state index contributed by atoms with van der Waals surface area (Å²) >= 11 is 4.37. The number of fused-ring (bicyclic) bond motifs is 2. The van der Waals surface area contributed by atoms with Crippen molar-refractivity contribution in [2.24, 2.45) is 0 Å². The minimum Gasteiger partial charge on any atom is -0.289 e. The van der Waals surface area contributed by atoms with Crippen molar-refractivity contribution in [1.82, 2.24) is 0 Å². The van der Waals surface area contributed by atoms with Crippen LogP contribution in [0.4, 0.5) is 0 Å². The molecule has 0 aromatic heterocycles. The summed E-state index contributed by atoms with van der Waals surface area (Å²) < 4.78 is 0. The fourth-order valence-corrected chi connectivity index (χ4v) is 2.57. The van der Waals surface area contributed by atoms with E-state index in [1.54, 1.807) is 30.3 Å². The molecule has 0 saturated heterocycles. The molecule has 3 rings (SSSR count). The van der Waals surface area contributed by atoms with E-state index in [-0.39, 0.29) is 11.6 Å². The minimum atomic E-state index is -0.117. The number of thiol groups is 1. The topological polar surface area (TPSA) is 34.1 Å². The fourth-order valence-electron chi connectivity index (χ4n) is 2.27. The molecule has 2 aromatic rings. The Labute approximate surface area is 110 Å². The van der Waals surface area contributed by atoms with Gasteiger partial charge in [0.25, 0.3) is 0 Å². The summed E-state index contributed by atoms with van der Waals surface area (Å²) in [5.74, 6) is -0.218. The lowest BCUT2D eigenvalue weighted by molar-refractivity contribution is 0.0977. The molecule has 0 bridgehead atoms. The molecule has 0 unspecified atom stereocenters. The zero-order valence-electron chi connectivity index (χ0n) is 9.73. The molecular formula is C15H10O2S. The number of rotatable bonds is 0. The van der Waals surface area contributed by atoms with Gasteiger partial charge in [0.05, 0.1) is 0 Å². The standard InChI is InChI=1S/C15H10O2S/c1-8-6-7-11-12(15(8)18)14(17)10-5-3-2-4-9(10)13(11)16/h2-7,18H,1H3. The van der Waals surface area contributed by atoms with Crippen LogP contribution in [0, 0.1) is 6.92 Å². The van der Waals surface area contributed by atoms with Gasteiger partial charge in [0.15, 0.2) is 11.6 Å². The van der Waals surface area contributed by atoms with Crippen LogP contribution < -0.4 is 0 Å². The third-order valence-corrected chi connectivity index (χ3v) is 3.84. The summed E-state index contributed by atoms with van der Waals surface area (Å²) in [5.41, 5.74) is 2.73. The molecule has 1 aliphatic rings. The van der Waals surface area contributed by atoms with Gasteiger partial charge in [-0.1, -0.05) is 30.3 Å². The first-order valence-electron chi connectivity index (χ1n) is 5.62. The Bertz CT molecular complexity index is 702. The van der Waals surface area contributed by atoms with Crippen LogP contribution in [0.2, 0.25) is 0 Å². The number of hydrogen-bond acceptors (Lipinski definition) is 3. The molecule has 0 spiro atoms. The molecule has 88 valence electrons. The minimum absolute atomic E-state index is 0.101. The molecule has 0 radical (unpaired) electrons. The molecule has 0 amide bonds. The Morgan fingerprint density at radius 2 is 1.44 bits per heavy atom. The molecule has 0 heterocycles. The summed E-state index contributed by atoms with van der Waals surface area (Å²) in [5, 5.41) is 0. The number of benzene rings is 2. The van der Waals surface area contributed by atoms with Crippen molar-refractivity contribution in [3.8, 4) is 0 Å². The van der Waals surface area contributed by atoms with Crippen LogP contribution in [-0.2, 0) is 0 Å². The van der Waals surface area contributed by atoms with Crippen LogP contribution >= 0.6 is 12.6 Å². The number of ketones is 2. The number of aryl methyl sites for hydroxylation is 1. The first-order valence-corrected chi connectivity index (χ1v) is 6.07. The Morgan fingerprint density at radius 1 is 0.833 bits per heavy atom. The molecule has 1 aliphatic carbocycles. The van der Waals surface area contributed by atoms with E-state index < -0.39 is 0 Å². The van der Waals surface area contributed by atoms with Crippen molar-refractivity contribution in [1.29, 1.82) is 0 Å². The second-order valence-corrected chi connectivity index (χ2v) is 4.80. The summed E-state index contributed by atoms with van der Waals surface area (Å²) in [4.78, 5) is 25.4. The van der Waals surface area contributed by atoms with Gasteiger partial charge in [-0.2, -0.15) is 0 Å². The average Bonchev–Trinajstić information content (AvgIpc) is 2.39. The normalized spacial score (nSPS) is 13.2. The number of hydrogen-bond donors (Lipinski definition) is 1. The summed E-state index contributed by atoms with van der Waals surface area (Å²) in [6.07, 6.45) is 0. The van der Waals surface area contributed by atoms with Crippen LogP contribution in [0.3, 0.4) is 0 Å². The largest absolute Gasteiger partial charge is 0.289 e. The van der Waals surface area contributed by atoms with Crippen LogP contribution in [0.25, 0.3) is 0 Å². The van der Waals surface area contributed by atoms with E-state index in [1.165, 1.54) is 0 Å². The highest BCUT2D eigenvalue weighted by Crippen LogP contribution is 2.32. The second kappa shape index (κ2) is 3.82. The van der Waals surface area contributed by atoms with Gasteiger partial charge < -0.3 is 0 Å². The summed E-state index contributed by atoms with van der Waals surface area (Å²) in [6, 6.07) is 10.4. The highest BCUT2D eigenvalue weighted by Gasteiger charge is 2.31. The molecule has 18 heavy (non-hydrogen) atoms. The van der Waals surface area contributed by atoms with Gasteiger partial charge >= 0.3 is 0 Å². The average molecular weight is 254 g/mol. The molecule has 2 aromatic carbocycles. The van der Waals surface area contributed by atoms with Gasteiger partial charge in [0.2, 0.25) is 0 Å². The fraction of sp³-hybridized carbons (Fsp3) is 0.0667. The van der Waals surface area contributed by atoms with Crippen LogP contribution in [0.15, 0.2) is 41.3 Å². The Kier molecular flexibility index (Phi) is 2.38. The van der Waals surface area contributed by atoms with Gasteiger partial charge in [-0.25, -0.2) is 0 Å². The van der Waals surface area contributed by atoms with E-state index in [1.807, 2.05) is 13.0 Å². The maximum atomic E-state index is 12.4. The zero-order valence-corrected chi connectivity index (χ0v) is 10.6. The van der Waals surface area contributed by atoms with E-state index in [4.69, 9.17) is 0 Å². The maximum absolute atomic E-state index is 12.4. The van der Waals surface area contributed by atoms with Gasteiger partial charge in [0.1, 0.15) is 0 Å². The van der Waals surface area contributed by atoms with Crippen molar-refractivity contribution >= 4 is 24.2 Å². The first-order chi connectivity index (χ1) is 8.61. The predicted octanol–water partition coefficient (Wildman–Crippen LogP) is 3.06. The van der Waals surface area contributed by atoms with E-state index in [2.05, 4.69) is 12.6 Å². The van der Waals surface area contributed by atoms with Gasteiger partial charge in [-0.15, -0.1) is 12.6 Å². The quantitative estimate of drug-likeness (QED) is 0.626. The van der Waals surface area contributed by atoms with E-state index >= 15 is 0 Å². The molecule has 0 N–H and O–H groups in total. The van der Waals surface area contributed by atoms with Crippen molar-refractivity contribution in [3.63, 3.8) is 0 Å². The van der Waals surface area contributed by atoms with Crippen LogP contribution in [0.1, 0.15) is 37.4 Å². The third kappa shape index (κ3) is 1.37. The Morgan fingerprint density at radius 3 is 2.11 bits per heavy atom. The van der Waals surface area contributed by atoms with Crippen molar-refractivity contribution < 1.29 is 9.59 Å². The van der Waals surface area contributed by atoms with Gasteiger partial charge in [-0.3, -0.25) is 9.59 Å². The zero-order chi connectivity index (χ0) is 12.9. The monoisotopic (exact) mass is 254 g/mol. The Balaban J connectivity index is 2.38. The molecule has 0 aliphatic heterocycles. The summed E-state index contributed by atoms with van der Waals surface area (Å²) in [6.45, 7) is 1.88. The van der Waals surface area contributed by atoms with Crippen molar-refractivity contribution in [3.05, 3.63) is 64.2 Å². The predicted molar refractivity (Wildman–Crippen MR) is 71.7 cm³/mol. The highest BCUT2D eigenvalue weighted by atomic mass is 32.1. The van der Waals surface area contributed by atoms with Crippen LogP contribution in [-0.4, -0.2) is 11.6 Å². The SMILES string of the molecule is Cc1ccc2c(c1S)C(=O)c1ccccc1C2=O. The lowest BCUT2D eigenvalue weighted by Crippen LogP contribution is -2.21. The molecule has 0 atom stereocenters. The molecular weight excluding hydrogens is 244 g/mol.